The molecule has 0 aromatic rings. The molecule has 0 amide bonds. The predicted molar refractivity (Wildman–Crippen MR) is 29.7 cm³/mol. The first-order valence-electron chi connectivity index (χ1n) is 2.45. The fraction of sp³-hybridized carbons (Fsp3) is 0.500. The summed E-state index contributed by atoms with van der Waals surface area (Å²) in [5, 5.41) is -5.57. The summed E-state index contributed by atoms with van der Waals surface area (Å²) in [6.07, 6.45) is -10.9. The van der Waals surface area contributed by atoms with Crippen LogP contribution >= 0.6 is 11.8 Å². The molecular weight excluding hydrogens is 226 g/mol. The molecule has 0 aliphatic rings. The standard InChI is InChI=1S/C4F6O2S/c5-3(6,7)1(11)13-2(12)4(8,9)10. The normalized spacial score (nSPS) is 12.8. The molecule has 0 aromatic heterocycles. The lowest BCUT2D eigenvalue weighted by Gasteiger charge is -2.05. The molecule has 0 spiro atoms. The van der Waals surface area contributed by atoms with E-state index in [0.717, 1.165) is 0 Å². The minimum absolute atomic E-state index is 1.41. The van der Waals surface area contributed by atoms with Crippen LogP contribution in [0.25, 0.3) is 0 Å². The Hall–Kier alpha value is -0.730. The lowest BCUT2D eigenvalue weighted by Crippen LogP contribution is -2.26. The van der Waals surface area contributed by atoms with Crippen molar-refractivity contribution in [3.8, 4) is 0 Å². The topological polar surface area (TPSA) is 34.1 Å². The molecule has 0 rings (SSSR count). The zero-order chi connectivity index (χ0) is 10.9. The maximum atomic E-state index is 11.3. The van der Waals surface area contributed by atoms with Gasteiger partial charge in [0.15, 0.2) is 0 Å². The number of alkyl halides is 6. The molecule has 0 saturated carbocycles. The van der Waals surface area contributed by atoms with Gasteiger partial charge in [-0.1, -0.05) is 0 Å². The van der Waals surface area contributed by atoms with Crippen LogP contribution < -0.4 is 0 Å². The first-order valence-corrected chi connectivity index (χ1v) is 3.27. The van der Waals surface area contributed by atoms with Crippen LogP contribution in [0.2, 0.25) is 0 Å². The Morgan fingerprint density at radius 1 is 0.769 bits per heavy atom. The highest BCUT2D eigenvalue weighted by molar-refractivity contribution is 8.26. The number of hydrogen-bond donors (Lipinski definition) is 0. The largest absolute Gasteiger partial charge is 0.461 e. The molecule has 0 bridgehead atoms. The SMILES string of the molecule is O=C(SC(=O)C(F)(F)F)C(F)(F)F. The van der Waals surface area contributed by atoms with Crippen LogP contribution in [0.5, 0.6) is 0 Å². The molecule has 0 fully saturated rings. The van der Waals surface area contributed by atoms with Crippen molar-refractivity contribution < 1.29 is 35.9 Å². The van der Waals surface area contributed by atoms with Crippen molar-refractivity contribution in [2.24, 2.45) is 0 Å². The maximum absolute atomic E-state index is 11.3. The number of carbonyl (C=O) groups is 2. The molecule has 0 aromatic carbocycles. The van der Waals surface area contributed by atoms with Crippen LogP contribution in [0.4, 0.5) is 26.3 Å². The molecule has 0 saturated heterocycles. The van der Waals surface area contributed by atoms with Crippen molar-refractivity contribution in [2.45, 2.75) is 12.4 Å². The Labute approximate surface area is 71.3 Å². The molecule has 0 heterocycles. The number of carbonyl (C=O) groups excluding carboxylic acids is 2. The van der Waals surface area contributed by atoms with Gasteiger partial charge in [0, 0.05) is 11.8 Å². The Morgan fingerprint density at radius 2 is 1.00 bits per heavy atom. The minimum Gasteiger partial charge on any atom is -0.276 e. The van der Waals surface area contributed by atoms with Gasteiger partial charge >= 0.3 is 22.6 Å². The Morgan fingerprint density at radius 3 is 1.15 bits per heavy atom. The fourth-order valence-corrected chi connectivity index (χ4v) is 0.600. The summed E-state index contributed by atoms with van der Waals surface area (Å²) in [7, 11) is 0. The molecule has 0 N–H and O–H groups in total. The number of halogens is 6. The third-order valence-electron chi connectivity index (χ3n) is 0.648. The van der Waals surface area contributed by atoms with Crippen molar-refractivity contribution in [1.82, 2.24) is 0 Å². The third-order valence-corrected chi connectivity index (χ3v) is 1.48. The Kier molecular flexibility index (Phi) is 3.36. The van der Waals surface area contributed by atoms with Crippen LogP contribution in [-0.2, 0) is 9.59 Å². The maximum Gasteiger partial charge on any atom is 0.461 e. The van der Waals surface area contributed by atoms with Gasteiger partial charge in [-0.15, -0.1) is 0 Å². The lowest BCUT2D eigenvalue weighted by molar-refractivity contribution is -0.164. The third kappa shape index (κ3) is 4.15. The highest BCUT2D eigenvalue weighted by Crippen LogP contribution is 2.29. The highest BCUT2D eigenvalue weighted by Gasteiger charge is 2.47. The van der Waals surface area contributed by atoms with Gasteiger partial charge in [0.05, 0.1) is 0 Å². The molecule has 13 heavy (non-hydrogen) atoms. The van der Waals surface area contributed by atoms with Crippen molar-refractivity contribution in [2.75, 3.05) is 0 Å². The average molecular weight is 226 g/mol. The van der Waals surface area contributed by atoms with Gasteiger partial charge in [-0.25, -0.2) is 0 Å². The van der Waals surface area contributed by atoms with Gasteiger partial charge in [-0.05, 0) is 0 Å². The van der Waals surface area contributed by atoms with Gasteiger partial charge in [-0.3, -0.25) is 9.59 Å². The zero-order valence-electron chi connectivity index (χ0n) is 5.49. The van der Waals surface area contributed by atoms with Gasteiger partial charge in [0.2, 0.25) is 0 Å². The first-order chi connectivity index (χ1) is 5.55. The minimum atomic E-state index is -5.44. The van der Waals surface area contributed by atoms with E-state index in [4.69, 9.17) is 0 Å². The van der Waals surface area contributed by atoms with Crippen molar-refractivity contribution in [3.63, 3.8) is 0 Å². The van der Waals surface area contributed by atoms with Crippen molar-refractivity contribution in [1.29, 1.82) is 0 Å². The summed E-state index contributed by atoms with van der Waals surface area (Å²) in [6, 6.07) is 0. The van der Waals surface area contributed by atoms with E-state index in [1.165, 1.54) is 0 Å². The molecule has 2 nitrogen and oxygen atoms in total. The van der Waals surface area contributed by atoms with E-state index in [-0.39, 0.29) is 0 Å². The van der Waals surface area contributed by atoms with E-state index >= 15 is 0 Å². The van der Waals surface area contributed by atoms with Crippen molar-refractivity contribution >= 4 is 22.0 Å². The Bertz CT molecular complexity index is 204. The van der Waals surface area contributed by atoms with E-state index in [1.54, 1.807) is 0 Å². The van der Waals surface area contributed by atoms with Crippen LogP contribution in [0.1, 0.15) is 0 Å². The summed E-state index contributed by atoms with van der Waals surface area (Å²) >= 11 is -1.41. The van der Waals surface area contributed by atoms with Crippen LogP contribution in [0.3, 0.4) is 0 Å². The van der Waals surface area contributed by atoms with E-state index in [2.05, 4.69) is 0 Å². The molecule has 76 valence electrons. The van der Waals surface area contributed by atoms with Gasteiger partial charge in [0.1, 0.15) is 0 Å². The van der Waals surface area contributed by atoms with E-state index in [9.17, 15) is 35.9 Å². The summed E-state index contributed by atoms with van der Waals surface area (Å²) in [5.74, 6) is 0. The number of rotatable bonds is 0. The van der Waals surface area contributed by atoms with Gasteiger partial charge in [0.25, 0.3) is 0 Å². The van der Waals surface area contributed by atoms with Crippen molar-refractivity contribution in [3.05, 3.63) is 0 Å². The van der Waals surface area contributed by atoms with Gasteiger partial charge in [-0.2, -0.15) is 26.3 Å². The first kappa shape index (κ1) is 12.3. The number of thioether (sulfide) groups is 1. The average Bonchev–Trinajstić information content (AvgIpc) is 1.82. The Balaban J connectivity index is 4.34. The fourth-order valence-electron chi connectivity index (χ4n) is 0.200. The molecule has 9 heteroatoms. The quantitative estimate of drug-likeness (QED) is 0.591. The van der Waals surface area contributed by atoms with Crippen LogP contribution in [-0.4, -0.2) is 22.6 Å². The second-order valence-electron chi connectivity index (χ2n) is 1.67. The van der Waals surface area contributed by atoms with E-state index in [0.29, 0.717) is 0 Å². The lowest BCUT2D eigenvalue weighted by atomic mass is 10.7. The summed E-state index contributed by atoms with van der Waals surface area (Å²) in [5.41, 5.74) is 0. The molecule has 0 aliphatic carbocycles. The molecule has 0 unspecified atom stereocenters. The van der Waals surface area contributed by atoms with Crippen LogP contribution in [0, 0.1) is 0 Å². The summed E-state index contributed by atoms with van der Waals surface area (Å²) in [4.78, 5) is 19.7. The smallest absolute Gasteiger partial charge is 0.276 e. The van der Waals surface area contributed by atoms with Gasteiger partial charge < -0.3 is 0 Å². The molecule has 0 aliphatic heterocycles. The number of hydrogen-bond acceptors (Lipinski definition) is 3. The summed E-state index contributed by atoms with van der Waals surface area (Å²) in [6.45, 7) is 0. The molecule has 0 radical (unpaired) electrons. The molecular formula is C4F6O2S. The monoisotopic (exact) mass is 226 g/mol. The van der Waals surface area contributed by atoms with Crippen LogP contribution in [0.15, 0.2) is 0 Å². The zero-order valence-corrected chi connectivity index (χ0v) is 6.31. The second kappa shape index (κ2) is 3.56. The predicted octanol–water partition coefficient (Wildman–Crippen LogP) is 1.90. The van der Waals surface area contributed by atoms with E-state index < -0.39 is 34.3 Å². The summed E-state index contributed by atoms with van der Waals surface area (Å²) < 4.78 is 67.8. The second-order valence-corrected chi connectivity index (χ2v) is 2.62. The molecule has 0 atom stereocenters. The van der Waals surface area contributed by atoms with E-state index in [1.807, 2.05) is 0 Å². The highest BCUT2D eigenvalue weighted by atomic mass is 32.2.